The normalized spacial score (nSPS) is 15.4. The summed E-state index contributed by atoms with van der Waals surface area (Å²) in [4.78, 5) is 14.4. The van der Waals surface area contributed by atoms with E-state index < -0.39 is 0 Å². The smallest absolute Gasteiger partial charge is 0.291 e. The van der Waals surface area contributed by atoms with Gasteiger partial charge in [0.25, 0.3) is 5.91 Å². The summed E-state index contributed by atoms with van der Waals surface area (Å²) in [5.41, 5.74) is 2.03. The van der Waals surface area contributed by atoms with Gasteiger partial charge in [-0.05, 0) is 55.8 Å². The van der Waals surface area contributed by atoms with E-state index in [4.69, 9.17) is 4.42 Å². The third kappa shape index (κ3) is 3.08. The Kier molecular flexibility index (Phi) is 3.83. The number of nitrogens with zero attached hydrogens (tertiary/aromatic N) is 1. The fourth-order valence-electron chi connectivity index (χ4n) is 2.55. The molecule has 0 saturated carbocycles. The van der Waals surface area contributed by atoms with E-state index in [2.05, 4.69) is 16.3 Å². The molecule has 0 atom stereocenters. The molecule has 1 saturated heterocycles. The maximum absolute atomic E-state index is 11.9. The van der Waals surface area contributed by atoms with Gasteiger partial charge in [-0.2, -0.15) is 0 Å². The van der Waals surface area contributed by atoms with Crippen LogP contribution in [0, 0.1) is 0 Å². The van der Waals surface area contributed by atoms with Crippen molar-refractivity contribution in [3.63, 3.8) is 0 Å². The summed E-state index contributed by atoms with van der Waals surface area (Å²) in [5.74, 6) is 0.114. The van der Waals surface area contributed by atoms with Crippen molar-refractivity contribution < 1.29 is 9.21 Å². The maximum atomic E-state index is 11.9. The van der Waals surface area contributed by atoms with E-state index >= 15 is 0 Å². The molecule has 0 spiro atoms. The number of amides is 1. The van der Waals surface area contributed by atoms with Crippen molar-refractivity contribution in [2.24, 2.45) is 0 Å². The van der Waals surface area contributed by atoms with Crippen molar-refractivity contribution in [3.8, 4) is 0 Å². The van der Waals surface area contributed by atoms with Gasteiger partial charge in [-0.1, -0.05) is 12.1 Å². The Morgan fingerprint density at radius 3 is 2.80 bits per heavy atom. The van der Waals surface area contributed by atoms with Gasteiger partial charge >= 0.3 is 0 Å². The molecule has 0 bridgehead atoms. The first-order valence-corrected chi connectivity index (χ1v) is 6.97. The lowest BCUT2D eigenvalue weighted by atomic mass is 10.2. The second-order valence-corrected chi connectivity index (χ2v) is 5.12. The van der Waals surface area contributed by atoms with Crippen LogP contribution < -0.4 is 5.32 Å². The van der Waals surface area contributed by atoms with Gasteiger partial charge in [0.2, 0.25) is 0 Å². The summed E-state index contributed by atoms with van der Waals surface area (Å²) in [7, 11) is 0. The summed E-state index contributed by atoms with van der Waals surface area (Å²) >= 11 is 0. The SMILES string of the molecule is O=C(Nc1cccc(CN2CCCC2)c1)c1ccco1. The minimum atomic E-state index is -0.215. The van der Waals surface area contributed by atoms with Gasteiger partial charge in [0.05, 0.1) is 6.26 Å². The number of furan rings is 1. The second kappa shape index (κ2) is 5.92. The van der Waals surface area contributed by atoms with Crippen molar-refractivity contribution in [1.29, 1.82) is 0 Å². The van der Waals surface area contributed by atoms with Gasteiger partial charge < -0.3 is 9.73 Å². The topological polar surface area (TPSA) is 45.5 Å². The number of nitrogens with one attached hydrogen (secondary N) is 1. The number of carbonyl (C=O) groups is 1. The van der Waals surface area contributed by atoms with Crippen LogP contribution >= 0.6 is 0 Å². The maximum Gasteiger partial charge on any atom is 0.291 e. The molecule has 1 N–H and O–H groups in total. The third-order valence-electron chi connectivity index (χ3n) is 3.53. The number of hydrogen-bond acceptors (Lipinski definition) is 3. The second-order valence-electron chi connectivity index (χ2n) is 5.12. The Morgan fingerprint density at radius 2 is 2.05 bits per heavy atom. The van der Waals surface area contributed by atoms with Gasteiger partial charge in [-0.15, -0.1) is 0 Å². The van der Waals surface area contributed by atoms with Crippen molar-refractivity contribution in [2.45, 2.75) is 19.4 Å². The lowest BCUT2D eigenvalue weighted by molar-refractivity contribution is 0.0996. The van der Waals surface area contributed by atoms with Crippen LogP contribution in [-0.2, 0) is 6.54 Å². The molecule has 1 aliphatic heterocycles. The minimum absolute atomic E-state index is 0.215. The fraction of sp³-hybridized carbons (Fsp3) is 0.312. The van der Waals surface area contributed by atoms with Crippen LogP contribution in [0.5, 0.6) is 0 Å². The van der Waals surface area contributed by atoms with Crippen LogP contribution in [0.4, 0.5) is 5.69 Å². The number of rotatable bonds is 4. The highest BCUT2D eigenvalue weighted by atomic mass is 16.3. The number of carbonyl (C=O) groups excluding carboxylic acids is 1. The molecule has 0 aliphatic carbocycles. The molecule has 104 valence electrons. The number of likely N-dealkylation sites (tertiary alicyclic amines) is 1. The van der Waals surface area contributed by atoms with Crippen LogP contribution in [0.25, 0.3) is 0 Å². The molecule has 4 heteroatoms. The molecule has 2 aromatic rings. The largest absolute Gasteiger partial charge is 0.459 e. The third-order valence-corrected chi connectivity index (χ3v) is 3.53. The molecule has 1 aromatic heterocycles. The number of benzene rings is 1. The van der Waals surface area contributed by atoms with Crippen molar-refractivity contribution in [1.82, 2.24) is 4.90 Å². The average molecular weight is 270 g/mol. The zero-order valence-corrected chi connectivity index (χ0v) is 11.3. The van der Waals surface area contributed by atoms with Gasteiger partial charge in [0, 0.05) is 12.2 Å². The van der Waals surface area contributed by atoms with Gasteiger partial charge in [-0.3, -0.25) is 9.69 Å². The van der Waals surface area contributed by atoms with Crippen LogP contribution in [0.3, 0.4) is 0 Å². The number of anilines is 1. The monoisotopic (exact) mass is 270 g/mol. The van der Waals surface area contributed by atoms with Crippen LogP contribution in [0.15, 0.2) is 47.1 Å². The summed E-state index contributed by atoms with van der Waals surface area (Å²) in [6.07, 6.45) is 4.07. The van der Waals surface area contributed by atoms with E-state index in [1.807, 2.05) is 18.2 Å². The van der Waals surface area contributed by atoms with Crippen LogP contribution in [-0.4, -0.2) is 23.9 Å². The standard InChI is InChI=1S/C16H18N2O2/c19-16(15-7-4-10-20-15)17-14-6-3-5-13(11-14)12-18-8-1-2-9-18/h3-7,10-11H,1-2,8-9,12H2,(H,17,19). The predicted octanol–water partition coefficient (Wildman–Crippen LogP) is 3.13. The molecule has 1 aromatic carbocycles. The molecular formula is C16H18N2O2. The molecular weight excluding hydrogens is 252 g/mol. The minimum Gasteiger partial charge on any atom is -0.459 e. The predicted molar refractivity (Wildman–Crippen MR) is 77.6 cm³/mol. The first-order chi connectivity index (χ1) is 9.81. The Labute approximate surface area is 118 Å². The van der Waals surface area contributed by atoms with E-state index in [9.17, 15) is 4.79 Å². The molecule has 1 amide bonds. The van der Waals surface area contributed by atoms with Gasteiger partial charge in [0.15, 0.2) is 5.76 Å². The molecule has 4 nitrogen and oxygen atoms in total. The molecule has 3 rings (SSSR count). The zero-order valence-electron chi connectivity index (χ0n) is 11.3. The van der Waals surface area contributed by atoms with Crippen molar-refractivity contribution in [3.05, 3.63) is 54.0 Å². The summed E-state index contributed by atoms with van der Waals surface area (Å²) < 4.78 is 5.09. The Bertz CT molecular complexity index is 572. The quantitative estimate of drug-likeness (QED) is 0.928. The number of hydrogen-bond donors (Lipinski definition) is 1. The lowest BCUT2D eigenvalue weighted by Crippen LogP contribution is -2.18. The van der Waals surface area contributed by atoms with E-state index in [1.165, 1.54) is 37.8 Å². The van der Waals surface area contributed by atoms with E-state index in [0.717, 1.165) is 12.2 Å². The highest BCUT2D eigenvalue weighted by Crippen LogP contribution is 2.16. The average Bonchev–Trinajstić information content (AvgIpc) is 3.12. The van der Waals surface area contributed by atoms with E-state index in [0.29, 0.717) is 5.76 Å². The lowest BCUT2D eigenvalue weighted by Gasteiger charge is -2.15. The highest BCUT2D eigenvalue weighted by molar-refractivity contribution is 6.02. The summed E-state index contributed by atoms with van der Waals surface area (Å²) in [5, 5.41) is 2.86. The Hall–Kier alpha value is -2.07. The zero-order chi connectivity index (χ0) is 13.8. The highest BCUT2D eigenvalue weighted by Gasteiger charge is 2.12. The molecule has 20 heavy (non-hydrogen) atoms. The van der Waals surface area contributed by atoms with Crippen LogP contribution in [0.1, 0.15) is 29.0 Å². The van der Waals surface area contributed by atoms with Crippen LogP contribution in [0.2, 0.25) is 0 Å². The molecule has 2 heterocycles. The molecule has 0 unspecified atom stereocenters. The van der Waals surface area contributed by atoms with E-state index in [-0.39, 0.29) is 5.91 Å². The Morgan fingerprint density at radius 1 is 1.20 bits per heavy atom. The fourth-order valence-corrected chi connectivity index (χ4v) is 2.55. The molecule has 0 radical (unpaired) electrons. The first-order valence-electron chi connectivity index (χ1n) is 6.97. The first kappa shape index (κ1) is 12.9. The molecule has 1 fully saturated rings. The van der Waals surface area contributed by atoms with Crippen molar-refractivity contribution >= 4 is 11.6 Å². The Balaban J connectivity index is 1.66. The summed E-state index contributed by atoms with van der Waals surface area (Å²) in [6.45, 7) is 3.29. The van der Waals surface area contributed by atoms with Gasteiger partial charge in [0.1, 0.15) is 0 Å². The van der Waals surface area contributed by atoms with E-state index in [1.54, 1.807) is 12.1 Å². The summed E-state index contributed by atoms with van der Waals surface area (Å²) in [6, 6.07) is 11.4. The van der Waals surface area contributed by atoms with Gasteiger partial charge in [-0.25, -0.2) is 0 Å². The molecule has 1 aliphatic rings. The van der Waals surface area contributed by atoms with Crippen molar-refractivity contribution in [2.75, 3.05) is 18.4 Å².